The number of hydrogen-bond donors (Lipinski definition) is 0. The Labute approximate surface area is 276 Å². The molecule has 0 N–H and O–H groups in total. The number of ether oxygens (including phenoxy) is 2. The van der Waals surface area contributed by atoms with Crippen LogP contribution in [0.25, 0.3) is 11.3 Å². The summed E-state index contributed by atoms with van der Waals surface area (Å²) in [6.07, 6.45) is 3.13. The lowest BCUT2D eigenvalue weighted by molar-refractivity contribution is 0.0600. The number of hydrogen-bond acceptors (Lipinski definition) is 5. The molecule has 236 valence electrons. The Bertz CT molecular complexity index is 1490. The molecule has 2 saturated carbocycles. The Kier molecular flexibility index (Phi) is 13.6. The quantitative estimate of drug-likeness (QED) is 0.176. The fourth-order valence-electron chi connectivity index (χ4n) is 4.99. The van der Waals surface area contributed by atoms with Gasteiger partial charge in [-0.3, -0.25) is 0 Å². The maximum absolute atomic E-state index is 11.7. The van der Waals surface area contributed by atoms with Crippen LogP contribution in [0.3, 0.4) is 0 Å². The van der Waals surface area contributed by atoms with Crippen LogP contribution in [0.1, 0.15) is 111 Å². The van der Waals surface area contributed by atoms with E-state index in [4.69, 9.17) is 48.8 Å². The van der Waals surface area contributed by atoms with Crippen molar-refractivity contribution in [2.75, 3.05) is 7.11 Å². The van der Waals surface area contributed by atoms with E-state index in [0.717, 1.165) is 36.1 Å². The topological polar surface area (TPSA) is 61.6 Å². The van der Waals surface area contributed by atoms with Crippen molar-refractivity contribution in [1.29, 1.82) is 0 Å². The zero-order valence-corrected chi connectivity index (χ0v) is 28.8. The monoisotopic (exact) mass is 657 g/mol. The van der Waals surface area contributed by atoms with Gasteiger partial charge in [0, 0.05) is 16.5 Å². The molecule has 5 nitrogen and oxygen atoms in total. The average Bonchev–Trinajstić information content (AvgIpc) is 4.01. The summed E-state index contributed by atoms with van der Waals surface area (Å²) in [5, 5.41) is 6.02. The van der Waals surface area contributed by atoms with Crippen LogP contribution in [-0.2, 0) is 11.3 Å². The lowest BCUT2D eigenvalue weighted by Crippen LogP contribution is -2.01. The summed E-state index contributed by atoms with van der Waals surface area (Å²) in [7, 11) is 1.38. The highest BCUT2D eigenvalue weighted by Crippen LogP contribution is 2.56. The first-order valence-electron chi connectivity index (χ1n) is 15.5. The summed E-state index contributed by atoms with van der Waals surface area (Å²) in [4.78, 5) is 11.7. The summed E-state index contributed by atoms with van der Waals surface area (Å²) < 4.78 is 16.7. The Balaban J connectivity index is 0.000000832. The number of nitrogens with zero attached hydrogens (tertiary/aromatic N) is 1. The van der Waals surface area contributed by atoms with E-state index in [-0.39, 0.29) is 12.6 Å². The Morgan fingerprint density at radius 1 is 0.864 bits per heavy atom. The van der Waals surface area contributed by atoms with Gasteiger partial charge in [0.25, 0.3) is 0 Å². The third kappa shape index (κ3) is 8.18. The standard InChI is InChI=1S/C30H24Cl3NO4.3C2H6/c1-36-30(35)18-9-5-16(6-10-18)21-14-22(21)20-12-11-19(13-26(20)33)37-15-23-28(34-38-29(23)17-7-8-17)27-24(31)3-2-4-25(27)32;3*1-2/h2-6,9-13,17,21-22H,7-8,14-15H2,1H3;3*1-2H3. The first-order chi connectivity index (χ1) is 21.4. The summed E-state index contributed by atoms with van der Waals surface area (Å²) >= 11 is 19.7. The minimum absolute atomic E-state index is 0.264. The van der Waals surface area contributed by atoms with Crippen molar-refractivity contribution in [1.82, 2.24) is 5.16 Å². The van der Waals surface area contributed by atoms with Gasteiger partial charge < -0.3 is 14.0 Å². The van der Waals surface area contributed by atoms with Crippen LogP contribution in [-0.4, -0.2) is 18.2 Å². The molecule has 3 aromatic carbocycles. The number of aromatic nitrogens is 1. The molecule has 2 fully saturated rings. The van der Waals surface area contributed by atoms with Crippen molar-refractivity contribution in [3.63, 3.8) is 0 Å². The van der Waals surface area contributed by atoms with Crippen LogP contribution in [0.4, 0.5) is 0 Å². The van der Waals surface area contributed by atoms with E-state index >= 15 is 0 Å². The van der Waals surface area contributed by atoms with Crippen molar-refractivity contribution >= 4 is 40.8 Å². The van der Waals surface area contributed by atoms with E-state index in [1.54, 1.807) is 30.3 Å². The van der Waals surface area contributed by atoms with Crippen LogP contribution in [0.15, 0.2) is 65.2 Å². The molecule has 1 heterocycles. The summed E-state index contributed by atoms with van der Waals surface area (Å²) in [5.74, 6) is 2.20. The van der Waals surface area contributed by atoms with Crippen LogP contribution in [0, 0.1) is 0 Å². The van der Waals surface area contributed by atoms with Crippen LogP contribution < -0.4 is 4.74 Å². The minimum Gasteiger partial charge on any atom is -0.489 e. The highest BCUT2D eigenvalue weighted by molar-refractivity contribution is 6.39. The zero-order valence-electron chi connectivity index (χ0n) is 26.5. The first-order valence-corrected chi connectivity index (χ1v) is 16.6. The van der Waals surface area contributed by atoms with Gasteiger partial charge >= 0.3 is 5.97 Å². The lowest BCUT2D eigenvalue weighted by atomic mass is 10.0. The summed E-state index contributed by atoms with van der Waals surface area (Å²) in [5.41, 5.74) is 4.95. The molecule has 2 aliphatic rings. The molecule has 2 aliphatic carbocycles. The van der Waals surface area contributed by atoms with E-state index in [1.807, 2.05) is 71.9 Å². The molecule has 4 aromatic rings. The van der Waals surface area contributed by atoms with E-state index in [0.29, 0.717) is 55.4 Å². The zero-order chi connectivity index (χ0) is 32.4. The summed E-state index contributed by atoms with van der Waals surface area (Å²) in [6.45, 7) is 12.3. The van der Waals surface area contributed by atoms with Gasteiger partial charge in [0.2, 0.25) is 0 Å². The van der Waals surface area contributed by atoms with E-state index < -0.39 is 0 Å². The van der Waals surface area contributed by atoms with Crippen molar-refractivity contribution in [2.45, 2.75) is 85.2 Å². The third-order valence-corrected chi connectivity index (χ3v) is 8.23. The van der Waals surface area contributed by atoms with Gasteiger partial charge in [0.15, 0.2) is 0 Å². The summed E-state index contributed by atoms with van der Waals surface area (Å²) in [6, 6.07) is 18.8. The van der Waals surface area contributed by atoms with Crippen molar-refractivity contribution < 1.29 is 18.8 Å². The van der Waals surface area contributed by atoms with Gasteiger partial charge in [-0.05, 0) is 78.6 Å². The number of carbonyl (C=O) groups excluding carboxylic acids is 1. The number of benzene rings is 3. The predicted molar refractivity (Wildman–Crippen MR) is 182 cm³/mol. The highest BCUT2D eigenvalue weighted by atomic mass is 35.5. The molecule has 0 bridgehead atoms. The molecule has 1 aromatic heterocycles. The number of halogens is 3. The van der Waals surface area contributed by atoms with Crippen molar-refractivity contribution in [3.8, 4) is 17.0 Å². The van der Waals surface area contributed by atoms with Crippen molar-refractivity contribution in [3.05, 3.63) is 104 Å². The Morgan fingerprint density at radius 2 is 1.50 bits per heavy atom. The predicted octanol–water partition coefficient (Wildman–Crippen LogP) is 11.9. The van der Waals surface area contributed by atoms with E-state index in [1.165, 1.54) is 12.7 Å². The molecular formula is C36H42Cl3NO4. The first kappa shape index (κ1) is 35.5. The number of carbonyl (C=O) groups is 1. The smallest absolute Gasteiger partial charge is 0.337 e. The SMILES string of the molecule is CC.CC.CC.COC(=O)c1ccc(C2CC2c2ccc(OCc3c(-c4c(Cl)cccc4Cl)noc3C3CC3)cc2Cl)cc1. The van der Waals surface area contributed by atoms with Gasteiger partial charge in [-0.2, -0.15) is 0 Å². The molecule has 2 atom stereocenters. The Morgan fingerprint density at radius 3 is 2.07 bits per heavy atom. The normalized spacial score (nSPS) is 16.2. The minimum atomic E-state index is -0.333. The van der Waals surface area contributed by atoms with E-state index in [9.17, 15) is 4.79 Å². The van der Waals surface area contributed by atoms with Gasteiger partial charge in [-0.15, -0.1) is 0 Å². The molecular weight excluding hydrogens is 617 g/mol. The second-order valence-corrected chi connectivity index (χ2v) is 11.0. The Hall–Kier alpha value is -2.99. The van der Waals surface area contributed by atoms with E-state index in [2.05, 4.69) is 5.16 Å². The number of esters is 1. The number of rotatable bonds is 8. The second-order valence-electron chi connectivity index (χ2n) is 9.78. The van der Waals surface area contributed by atoms with Gasteiger partial charge in [0.05, 0.1) is 28.3 Å². The third-order valence-electron chi connectivity index (χ3n) is 7.27. The fraction of sp³-hybridized carbons (Fsp3) is 0.389. The van der Waals surface area contributed by atoms with Gasteiger partial charge in [0.1, 0.15) is 23.8 Å². The van der Waals surface area contributed by atoms with Gasteiger partial charge in [-0.1, -0.05) is 106 Å². The number of methoxy groups -OCH3 is 1. The average molecular weight is 659 g/mol. The van der Waals surface area contributed by atoms with Crippen LogP contribution in [0.2, 0.25) is 15.1 Å². The fourth-order valence-corrected chi connectivity index (χ4v) is 5.88. The molecule has 0 spiro atoms. The highest BCUT2D eigenvalue weighted by Gasteiger charge is 2.40. The molecule has 6 rings (SSSR count). The molecule has 44 heavy (non-hydrogen) atoms. The molecule has 0 radical (unpaired) electrons. The lowest BCUT2D eigenvalue weighted by Gasteiger charge is -2.11. The van der Waals surface area contributed by atoms with Crippen molar-refractivity contribution in [2.24, 2.45) is 0 Å². The van der Waals surface area contributed by atoms with Gasteiger partial charge in [-0.25, -0.2) is 4.79 Å². The molecule has 2 unspecified atom stereocenters. The maximum atomic E-state index is 11.7. The molecule has 0 amide bonds. The largest absolute Gasteiger partial charge is 0.489 e. The molecule has 8 heteroatoms. The maximum Gasteiger partial charge on any atom is 0.337 e. The van der Waals surface area contributed by atoms with Crippen LogP contribution in [0.5, 0.6) is 5.75 Å². The molecule has 0 saturated heterocycles. The molecule has 0 aliphatic heterocycles. The van der Waals surface area contributed by atoms with Crippen LogP contribution >= 0.6 is 34.8 Å². The second kappa shape index (κ2) is 16.9.